The van der Waals surface area contributed by atoms with E-state index < -0.39 is 0 Å². The van der Waals surface area contributed by atoms with Gasteiger partial charge in [-0.05, 0) is 24.3 Å². The molecule has 2 heterocycles. The second kappa shape index (κ2) is 2.88. The number of fused-ring (bicyclic) bond motifs is 3. The summed E-state index contributed by atoms with van der Waals surface area (Å²) in [6.07, 6.45) is 3.14. The lowest BCUT2D eigenvalue weighted by molar-refractivity contribution is 1.17. The van der Waals surface area contributed by atoms with Crippen molar-refractivity contribution in [3.63, 3.8) is 0 Å². The van der Waals surface area contributed by atoms with Crippen LogP contribution in [0.1, 0.15) is 0 Å². The largest absolute Gasteiger partial charge is 0.313 e. The lowest BCUT2D eigenvalue weighted by Crippen LogP contribution is -2.06. The molecule has 0 radical (unpaired) electrons. The first-order valence-corrected chi connectivity index (χ1v) is 4.57. The molecule has 0 aliphatic heterocycles. The number of nitrogens with zero attached hydrogens (tertiary/aromatic N) is 2. The summed E-state index contributed by atoms with van der Waals surface area (Å²) in [4.78, 5) is 22.4. The number of pyridine rings is 1. The molecule has 0 saturated carbocycles. The molecule has 0 aliphatic rings. The van der Waals surface area contributed by atoms with Crippen LogP contribution in [0.25, 0.3) is 21.8 Å². The van der Waals surface area contributed by atoms with Crippen LogP contribution in [0, 0.1) is 0 Å². The molecule has 3 rings (SSSR count). The van der Waals surface area contributed by atoms with Crippen LogP contribution in [0.2, 0.25) is 0 Å². The Kier molecular flexibility index (Phi) is 1.56. The zero-order valence-electron chi connectivity index (χ0n) is 7.77. The molecule has 3 aromatic rings. The van der Waals surface area contributed by atoms with Crippen molar-refractivity contribution in [1.82, 2.24) is 15.0 Å². The minimum absolute atomic E-state index is 0.120. The lowest BCUT2D eigenvalue weighted by Gasteiger charge is -1.99. The molecule has 1 aromatic carbocycles. The number of aromatic amines is 1. The molecule has 0 atom stereocenters. The fourth-order valence-corrected chi connectivity index (χ4v) is 1.69. The van der Waals surface area contributed by atoms with Crippen molar-refractivity contribution in [3.8, 4) is 0 Å². The minimum Gasteiger partial charge on any atom is -0.313 e. The zero-order chi connectivity index (χ0) is 10.3. The van der Waals surface area contributed by atoms with Crippen LogP contribution in [-0.4, -0.2) is 15.0 Å². The number of hydrogen-bond acceptors (Lipinski definition) is 3. The van der Waals surface area contributed by atoms with Gasteiger partial charge in [-0.3, -0.25) is 9.78 Å². The first-order valence-electron chi connectivity index (χ1n) is 4.57. The van der Waals surface area contributed by atoms with Gasteiger partial charge in [0.05, 0.1) is 22.7 Å². The van der Waals surface area contributed by atoms with E-state index in [1.165, 1.54) is 6.33 Å². The monoisotopic (exact) mass is 197 g/mol. The molecular weight excluding hydrogens is 190 g/mol. The third-order valence-electron chi connectivity index (χ3n) is 2.39. The third-order valence-corrected chi connectivity index (χ3v) is 2.39. The van der Waals surface area contributed by atoms with Gasteiger partial charge in [0.2, 0.25) is 0 Å². The molecule has 4 nitrogen and oxygen atoms in total. The second-order valence-electron chi connectivity index (χ2n) is 3.26. The highest BCUT2D eigenvalue weighted by Gasteiger charge is 2.03. The van der Waals surface area contributed by atoms with Gasteiger partial charge in [0, 0.05) is 11.6 Å². The van der Waals surface area contributed by atoms with Gasteiger partial charge in [-0.1, -0.05) is 0 Å². The number of rotatable bonds is 0. The van der Waals surface area contributed by atoms with Crippen molar-refractivity contribution < 1.29 is 0 Å². The highest BCUT2D eigenvalue weighted by Crippen LogP contribution is 2.18. The van der Waals surface area contributed by atoms with E-state index >= 15 is 0 Å². The van der Waals surface area contributed by atoms with Gasteiger partial charge < -0.3 is 4.98 Å². The van der Waals surface area contributed by atoms with E-state index in [0.29, 0.717) is 10.9 Å². The van der Waals surface area contributed by atoms with Gasteiger partial charge in [0.1, 0.15) is 0 Å². The van der Waals surface area contributed by atoms with Gasteiger partial charge in [-0.25, -0.2) is 4.98 Å². The van der Waals surface area contributed by atoms with Crippen LogP contribution in [0.4, 0.5) is 0 Å². The quantitative estimate of drug-likeness (QED) is 0.555. The summed E-state index contributed by atoms with van der Waals surface area (Å²) in [5.41, 5.74) is 1.43. The SMILES string of the molecule is O=c1[nH]cnc2c1ccc1ncccc12. The van der Waals surface area contributed by atoms with Crippen LogP contribution in [-0.2, 0) is 0 Å². The van der Waals surface area contributed by atoms with E-state index in [2.05, 4.69) is 15.0 Å². The van der Waals surface area contributed by atoms with Crippen LogP contribution >= 0.6 is 0 Å². The van der Waals surface area contributed by atoms with Crippen LogP contribution in [0.5, 0.6) is 0 Å². The Hall–Kier alpha value is -2.23. The topological polar surface area (TPSA) is 58.6 Å². The fourth-order valence-electron chi connectivity index (χ4n) is 1.69. The lowest BCUT2D eigenvalue weighted by atomic mass is 10.1. The van der Waals surface area contributed by atoms with E-state index in [4.69, 9.17) is 0 Å². The van der Waals surface area contributed by atoms with Gasteiger partial charge in [0.15, 0.2) is 0 Å². The number of aromatic nitrogens is 3. The van der Waals surface area contributed by atoms with Gasteiger partial charge in [0.25, 0.3) is 5.56 Å². The standard InChI is InChI=1S/C11H7N3O/c15-11-8-3-4-9-7(2-1-5-12-9)10(8)13-6-14-11/h1-6H,(H,13,14,15). The maximum absolute atomic E-state index is 11.5. The summed E-state index contributed by atoms with van der Waals surface area (Å²) < 4.78 is 0. The van der Waals surface area contributed by atoms with Crippen molar-refractivity contribution in [3.05, 3.63) is 47.1 Å². The predicted octanol–water partition coefficient (Wildman–Crippen LogP) is 1.47. The Balaban J connectivity index is 2.67. The molecule has 2 aromatic heterocycles. The highest BCUT2D eigenvalue weighted by atomic mass is 16.1. The van der Waals surface area contributed by atoms with E-state index in [1.54, 1.807) is 12.3 Å². The Labute approximate surface area is 84.6 Å². The van der Waals surface area contributed by atoms with E-state index in [1.807, 2.05) is 18.2 Å². The Bertz CT molecular complexity index is 703. The maximum atomic E-state index is 11.5. The Morgan fingerprint density at radius 1 is 1.07 bits per heavy atom. The molecule has 72 valence electrons. The molecule has 0 saturated heterocycles. The summed E-state index contributed by atoms with van der Waals surface area (Å²) in [5.74, 6) is 0. The summed E-state index contributed by atoms with van der Waals surface area (Å²) in [6, 6.07) is 7.33. The molecule has 4 heteroatoms. The molecule has 0 amide bonds. The van der Waals surface area contributed by atoms with Crippen LogP contribution < -0.4 is 5.56 Å². The third kappa shape index (κ3) is 1.11. The summed E-state index contributed by atoms with van der Waals surface area (Å²) in [5, 5.41) is 1.50. The number of H-pyrrole nitrogens is 1. The normalized spacial score (nSPS) is 10.9. The van der Waals surface area contributed by atoms with Gasteiger partial charge in [-0.15, -0.1) is 0 Å². The maximum Gasteiger partial charge on any atom is 0.258 e. The molecule has 15 heavy (non-hydrogen) atoms. The predicted molar refractivity (Wildman–Crippen MR) is 57.7 cm³/mol. The number of nitrogens with one attached hydrogen (secondary N) is 1. The van der Waals surface area contributed by atoms with Crippen LogP contribution in [0.15, 0.2) is 41.6 Å². The number of benzene rings is 1. The molecular formula is C11H7N3O. The Morgan fingerprint density at radius 3 is 2.93 bits per heavy atom. The fraction of sp³-hybridized carbons (Fsp3) is 0. The summed E-state index contributed by atoms with van der Waals surface area (Å²) in [7, 11) is 0. The molecule has 0 spiro atoms. The van der Waals surface area contributed by atoms with Crippen molar-refractivity contribution in [2.75, 3.05) is 0 Å². The summed E-state index contributed by atoms with van der Waals surface area (Å²) in [6.45, 7) is 0. The van der Waals surface area contributed by atoms with Gasteiger partial charge >= 0.3 is 0 Å². The van der Waals surface area contributed by atoms with E-state index in [-0.39, 0.29) is 5.56 Å². The highest BCUT2D eigenvalue weighted by molar-refractivity contribution is 6.02. The molecule has 0 aliphatic carbocycles. The molecule has 0 unspecified atom stereocenters. The first kappa shape index (κ1) is 8.11. The smallest absolute Gasteiger partial charge is 0.258 e. The van der Waals surface area contributed by atoms with Gasteiger partial charge in [-0.2, -0.15) is 0 Å². The number of hydrogen-bond donors (Lipinski definition) is 1. The zero-order valence-corrected chi connectivity index (χ0v) is 7.77. The van der Waals surface area contributed by atoms with E-state index in [0.717, 1.165) is 10.9 Å². The molecule has 0 fully saturated rings. The van der Waals surface area contributed by atoms with Crippen LogP contribution in [0.3, 0.4) is 0 Å². The van der Waals surface area contributed by atoms with Crippen molar-refractivity contribution in [2.24, 2.45) is 0 Å². The Morgan fingerprint density at radius 2 is 2.00 bits per heavy atom. The average molecular weight is 197 g/mol. The second-order valence-corrected chi connectivity index (χ2v) is 3.26. The summed E-state index contributed by atoms with van der Waals surface area (Å²) >= 11 is 0. The molecule has 0 bridgehead atoms. The average Bonchev–Trinajstić information content (AvgIpc) is 2.29. The van der Waals surface area contributed by atoms with Crippen molar-refractivity contribution >= 4 is 21.8 Å². The minimum atomic E-state index is -0.120. The first-order chi connectivity index (χ1) is 7.36. The van der Waals surface area contributed by atoms with Crippen molar-refractivity contribution in [1.29, 1.82) is 0 Å². The van der Waals surface area contributed by atoms with E-state index in [9.17, 15) is 4.79 Å². The molecule has 1 N–H and O–H groups in total. The van der Waals surface area contributed by atoms with Crippen molar-refractivity contribution in [2.45, 2.75) is 0 Å².